The molecule has 0 saturated carbocycles. The van der Waals surface area contributed by atoms with Crippen LogP contribution in [-0.2, 0) is 10.1 Å². The average Bonchev–Trinajstić information content (AvgIpc) is 2.37. The Morgan fingerprint density at radius 3 is 2.21 bits per heavy atom. The molecule has 5 nitrogen and oxygen atoms in total. The van der Waals surface area contributed by atoms with Gasteiger partial charge in [-0.15, -0.1) is 12.6 Å². The Bertz CT molecular complexity index is 710. The molecule has 0 spiro atoms. The largest absolute Gasteiger partial charge is 0.294 e. The summed E-state index contributed by atoms with van der Waals surface area (Å²) in [6.45, 7) is 0. The van der Waals surface area contributed by atoms with Gasteiger partial charge in [0.05, 0.1) is 16.3 Å². The highest BCUT2D eigenvalue weighted by molar-refractivity contribution is 7.85. The lowest BCUT2D eigenvalue weighted by molar-refractivity contribution is 0.483. The maximum absolute atomic E-state index is 11.0. The fourth-order valence-corrected chi connectivity index (χ4v) is 2.01. The number of rotatable bonds is 3. The Morgan fingerprint density at radius 2 is 1.58 bits per heavy atom. The first kappa shape index (κ1) is 13.7. The normalized spacial score (nSPS) is 11.9. The Kier molecular flexibility index (Phi) is 3.98. The second-order valence-electron chi connectivity index (χ2n) is 3.69. The van der Waals surface area contributed by atoms with Crippen molar-refractivity contribution in [2.75, 3.05) is 0 Å². The Balaban J connectivity index is 2.26. The lowest BCUT2D eigenvalue weighted by Gasteiger charge is -1.98. The molecule has 0 saturated heterocycles. The second-order valence-corrected chi connectivity index (χ2v) is 5.63. The van der Waals surface area contributed by atoms with Crippen molar-refractivity contribution in [1.82, 2.24) is 0 Å². The highest BCUT2D eigenvalue weighted by atomic mass is 32.2. The molecule has 0 aliphatic carbocycles. The van der Waals surface area contributed by atoms with Gasteiger partial charge in [-0.1, -0.05) is 6.07 Å². The van der Waals surface area contributed by atoms with E-state index in [0.29, 0.717) is 11.4 Å². The van der Waals surface area contributed by atoms with Gasteiger partial charge in [-0.2, -0.15) is 18.6 Å². The van der Waals surface area contributed by atoms with Crippen LogP contribution in [0.15, 0.2) is 68.6 Å². The van der Waals surface area contributed by atoms with Crippen molar-refractivity contribution in [1.29, 1.82) is 0 Å². The van der Waals surface area contributed by atoms with Crippen LogP contribution in [0.2, 0.25) is 0 Å². The smallest absolute Gasteiger partial charge is 0.282 e. The molecular weight excluding hydrogens is 284 g/mol. The number of hydrogen-bond donors (Lipinski definition) is 2. The third-order valence-electron chi connectivity index (χ3n) is 2.25. The van der Waals surface area contributed by atoms with E-state index in [1.807, 2.05) is 0 Å². The quantitative estimate of drug-likeness (QED) is 0.515. The van der Waals surface area contributed by atoms with Crippen LogP contribution >= 0.6 is 12.6 Å². The lowest BCUT2D eigenvalue weighted by Crippen LogP contribution is -1.96. The maximum Gasteiger partial charge on any atom is 0.294 e. The molecule has 7 heteroatoms. The lowest BCUT2D eigenvalue weighted by atomic mass is 10.3. The van der Waals surface area contributed by atoms with Gasteiger partial charge >= 0.3 is 0 Å². The standard InChI is InChI=1S/C12H10N2O3S2/c15-19(16,17)12-3-1-2-10(8-12)14-13-9-4-6-11(18)7-5-9/h1-8,18H,(H,15,16,17)/b14-13+. The molecule has 0 heterocycles. The summed E-state index contributed by atoms with van der Waals surface area (Å²) >= 11 is 4.15. The van der Waals surface area contributed by atoms with E-state index in [2.05, 4.69) is 22.9 Å². The average molecular weight is 294 g/mol. The molecule has 0 aromatic heterocycles. The van der Waals surface area contributed by atoms with Crippen molar-refractivity contribution in [3.63, 3.8) is 0 Å². The summed E-state index contributed by atoms with van der Waals surface area (Å²) in [5, 5.41) is 7.86. The summed E-state index contributed by atoms with van der Waals surface area (Å²) < 4.78 is 30.9. The summed E-state index contributed by atoms with van der Waals surface area (Å²) in [5.74, 6) is 0. The van der Waals surface area contributed by atoms with Crippen molar-refractivity contribution < 1.29 is 13.0 Å². The minimum absolute atomic E-state index is 0.213. The summed E-state index contributed by atoms with van der Waals surface area (Å²) in [6, 6.07) is 12.6. The zero-order chi connectivity index (χ0) is 13.9. The van der Waals surface area contributed by atoms with E-state index in [4.69, 9.17) is 4.55 Å². The summed E-state index contributed by atoms with van der Waals surface area (Å²) in [5.41, 5.74) is 0.958. The molecule has 19 heavy (non-hydrogen) atoms. The molecule has 0 bridgehead atoms. The third-order valence-corrected chi connectivity index (χ3v) is 3.39. The van der Waals surface area contributed by atoms with E-state index >= 15 is 0 Å². The van der Waals surface area contributed by atoms with Gasteiger partial charge < -0.3 is 0 Å². The van der Waals surface area contributed by atoms with Crippen molar-refractivity contribution >= 4 is 34.1 Å². The molecule has 0 aliphatic heterocycles. The van der Waals surface area contributed by atoms with Crippen molar-refractivity contribution in [2.24, 2.45) is 10.2 Å². The van der Waals surface area contributed by atoms with Crippen LogP contribution in [0.4, 0.5) is 11.4 Å². The van der Waals surface area contributed by atoms with Crippen LogP contribution < -0.4 is 0 Å². The van der Waals surface area contributed by atoms with Crippen LogP contribution in [0.1, 0.15) is 0 Å². The molecule has 2 aromatic carbocycles. The van der Waals surface area contributed by atoms with Crippen molar-refractivity contribution in [3.05, 3.63) is 48.5 Å². The van der Waals surface area contributed by atoms with Gasteiger partial charge in [0, 0.05) is 4.90 Å². The molecule has 2 rings (SSSR count). The first-order chi connectivity index (χ1) is 8.95. The molecule has 0 fully saturated rings. The molecule has 1 N–H and O–H groups in total. The predicted octanol–water partition coefficient (Wildman–Crippen LogP) is 3.64. The van der Waals surface area contributed by atoms with Crippen LogP contribution in [0.3, 0.4) is 0 Å². The van der Waals surface area contributed by atoms with Gasteiger partial charge in [0.25, 0.3) is 10.1 Å². The minimum atomic E-state index is -4.23. The van der Waals surface area contributed by atoms with E-state index in [-0.39, 0.29) is 4.90 Å². The van der Waals surface area contributed by atoms with E-state index in [1.165, 1.54) is 18.2 Å². The number of nitrogens with zero attached hydrogens (tertiary/aromatic N) is 2. The molecule has 0 amide bonds. The number of benzene rings is 2. The molecule has 0 unspecified atom stereocenters. The van der Waals surface area contributed by atoms with Gasteiger partial charge in [0.15, 0.2) is 0 Å². The zero-order valence-electron chi connectivity index (χ0n) is 9.63. The Hall–Kier alpha value is -1.70. The van der Waals surface area contributed by atoms with Gasteiger partial charge in [0.1, 0.15) is 0 Å². The van der Waals surface area contributed by atoms with Gasteiger partial charge in [-0.05, 0) is 42.5 Å². The van der Waals surface area contributed by atoms with E-state index in [9.17, 15) is 8.42 Å². The minimum Gasteiger partial charge on any atom is -0.282 e. The van der Waals surface area contributed by atoms with E-state index in [0.717, 1.165) is 4.90 Å². The summed E-state index contributed by atoms with van der Waals surface area (Å²) in [7, 11) is -4.23. The van der Waals surface area contributed by atoms with Crippen LogP contribution in [-0.4, -0.2) is 13.0 Å². The Labute approximate surface area is 116 Å². The van der Waals surface area contributed by atoms with Crippen LogP contribution in [0.25, 0.3) is 0 Å². The molecular formula is C12H10N2O3S2. The molecule has 0 aliphatic rings. The summed E-state index contributed by atoms with van der Waals surface area (Å²) in [4.78, 5) is 0.599. The summed E-state index contributed by atoms with van der Waals surface area (Å²) in [6.07, 6.45) is 0. The molecule has 98 valence electrons. The fourth-order valence-electron chi connectivity index (χ4n) is 1.34. The third kappa shape index (κ3) is 3.88. The van der Waals surface area contributed by atoms with Gasteiger partial charge in [-0.3, -0.25) is 4.55 Å². The van der Waals surface area contributed by atoms with Crippen molar-refractivity contribution in [3.8, 4) is 0 Å². The predicted molar refractivity (Wildman–Crippen MR) is 74.1 cm³/mol. The molecule has 2 aromatic rings. The number of hydrogen-bond acceptors (Lipinski definition) is 5. The highest BCUT2D eigenvalue weighted by Crippen LogP contribution is 2.21. The highest BCUT2D eigenvalue weighted by Gasteiger charge is 2.09. The zero-order valence-corrected chi connectivity index (χ0v) is 11.3. The second kappa shape index (κ2) is 5.52. The van der Waals surface area contributed by atoms with E-state index < -0.39 is 10.1 Å². The van der Waals surface area contributed by atoms with Crippen molar-refractivity contribution in [2.45, 2.75) is 9.79 Å². The van der Waals surface area contributed by atoms with E-state index in [1.54, 1.807) is 30.3 Å². The maximum atomic E-state index is 11.0. The fraction of sp³-hybridized carbons (Fsp3) is 0. The number of azo groups is 1. The first-order valence-corrected chi connectivity index (χ1v) is 7.12. The first-order valence-electron chi connectivity index (χ1n) is 5.23. The van der Waals surface area contributed by atoms with Crippen LogP contribution in [0.5, 0.6) is 0 Å². The van der Waals surface area contributed by atoms with Crippen LogP contribution in [0, 0.1) is 0 Å². The molecule has 0 atom stereocenters. The SMILES string of the molecule is O=S(=O)(O)c1cccc(/N=N/c2ccc(S)cc2)c1. The monoisotopic (exact) mass is 294 g/mol. The Morgan fingerprint density at radius 1 is 0.947 bits per heavy atom. The van der Waals surface area contributed by atoms with Gasteiger partial charge in [0.2, 0.25) is 0 Å². The molecule has 0 radical (unpaired) electrons. The number of thiol groups is 1. The topological polar surface area (TPSA) is 79.1 Å². The van der Waals surface area contributed by atoms with Gasteiger partial charge in [-0.25, -0.2) is 0 Å².